The number of nitrogens with one attached hydrogen (secondary N) is 1. The van der Waals surface area contributed by atoms with Gasteiger partial charge in [0.15, 0.2) is 0 Å². The van der Waals surface area contributed by atoms with E-state index in [1.54, 1.807) is 0 Å². The Morgan fingerprint density at radius 3 is 2.67 bits per heavy atom. The second-order valence-corrected chi connectivity index (χ2v) is 5.55. The Morgan fingerprint density at radius 2 is 1.95 bits per heavy atom. The summed E-state index contributed by atoms with van der Waals surface area (Å²) in [5.74, 6) is 1.84. The van der Waals surface area contributed by atoms with Crippen molar-refractivity contribution in [1.82, 2.24) is 10.2 Å². The molecule has 0 aromatic heterocycles. The van der Waals surface area contributed by atoms with Crippen molar-refractivity contribution in [2.75, 3.05) is 39.9 Å². The van der Waals surface area contributed by atoms with Crippen LogP contribution >= 0.6 is 0 Å². The molecule has 1 aromatic carbocycles. The number of hydrogen-bond donors (Lipinski definition) is 1. The van der Waals surface area contributed by atoms with Crippen molar-refractivity contribution in [3.63, 3.8) is 0 Å². The topological polar surface area (TPSA) is 33.7 Å². The van der Waals surface area contributed by atoms with Gasteiger partial charge in [-0.3, -0.25) is 4.90 Å². The van der Waals surface area contributed by atoms with E-state index < -0.39 is 0 Å². The Bertz CT molecular complexity index is 417. The second-order valence-electron chi connectivity index (χ2n) is 5.55. The summed E-state index contributed by atoms with van der Waals surface area (Å²) < 4.78 is 11.7. The van der Waals surface area contributed by atoms with Crippen molar-refractivity contribution in [1.29, 1.82) is 0 Å². The van der Waals surface area contributed by atoms with Gasteiger partial charge < -0.3 is 14.8 Å². The van der Waals surface area contributed by atoms with E-state index in [0.717, 1.165) is 44.2 Å². The molecule has 21 heavy (non-hydrogen) atoms. The fraction of sp³-hybridized carbons (Fsp3) is 0.647. The van der Waals surface area contributed by atoms with Crippen LogP contribution in [0.3, 0.4) is 0 Å². The minimum absolute atomic E-state index is 0.744. The van der Waals surface area contributed by atoms with Crippen LogP contribution in [-0.4, -0.2) is 44.8 Å². The van der Waals surface area contributed by atoms with Gasteiger partial charge in [-0.15, -0.1) is 0 Å². The zero-order chi connectivity index (χ0) is 14.9. The van der Waals surface area contributed by atoms with Crippen molar-refractivity contribution in [3.8, 4) is 11.5 Å². The van der Waals surface area contributed by atoms with Crippen LogP contribution in [0.25, 0.3) is 0 Å². The van der Waals surface area contributed by atoms with Gasteiger partial charge in [-0.25, -0.2) is 0 Å². The van der Waals surface area contributed by atoms with Crippen LogP contribution in [0.2, 0.25) is 0 Å². The van der Waals surface area contributed by atoms with Crippen LogP contribution < -0.4 is 14.8 Å². The maximum atomic E-state index is 6.01. The van der Waals surface area contributed by atoms with Gasteiger partial charge in [-0.1, -0.05) is 13.0 Å². The van der Waals surface area contributed by atoms with Crippen LogP contribution in [-0.2, 0) is 6.54 Å². The van der Waals surface area contributed by atoms with Crippen molar-refractivity contribution in [2.24, 2.45) is 0 Å². The number of likely N-dealkylation sites (tertiary alicyclic amines) is 1. The lowest BCUT2D eigenvalue weighted by Crippen LogP contribution is -2.25. The fourth-order valence-corrected chi connectivity index (χ4v) is 2.61. The summed E-state index contributed by atoms with van der Waals surface area (Å²) in [6, 6.07) is 6.13. The maximum Gasteiger partial charge on any atom is 0.127 e. The summed E-state index contributed by atoms with van der Waals surface area (Å²) in [7, 11) is 1.95. The third-order valence-electron chi connectivity index (χ3n) is 3.74. The zero-order valence-electron chi connectivity index (χ0n) is 13.4. The van der Waals surface area contributed by atoms with Gasteiger partial charge in [0, 0.05) is 24.7 Å². The van der Waals surface area contributed by atoms with Gasteiger partial charge in [0.05, 0.1) is 6.61 Å². The normalized spacial score (nSPS) is 15.3. The first-order chi connectivity index (χ1) is 10.3. The summed E-state index contributed by atoms with van der Waals surface area (Å²) in [6.07, 6.45) is 3.67. The molecule has 4 nitrogen and oxygen atoms in total. The molecule has 1 heterocycles. The predicted octanol–water partition coefficient (Wildman–Crippen LogP) is 2.67. The highest BCUT2D eigenvalue weighted by molar-refractivity contribution is 5.40. The second kappa shape index (κ2) is 8.90. The SMILES string of the molecule is CCCOc1ccc(CNC)c(OCCN2CCCC2)c1. The summed E-state index contributed by atoms with van der Waals surface area (Å²) >= 11 is 0. The van der Waals surface area contributed by atoms with E-state index in [9.17, 15) is 0 Å². The van der Waals surface area contributed by atoms with E-state index in [4.69, 9.17) is 9.47 Å². The highest BCUT2D eigenvalue weighted by Gasteiger charge is 2.12. The first-order valence-corrected chi connectivity index (χ1v) is 8.09. The van der Waals surface area contributed by atoms with Gasteiger partial charge in [0.1, 0.15) is 18.1 Å². The lowest BCUT2D eigenvalue weighted by atomic mass is 10.2. The number of rotatable bonds is 9. The summed E-state index contributed by atoms with van der Waals surface area (Å²) in [6.45, 7) is 7.86. The summed E-state index contributed by atoms with van der Waals surface area (Å²) in [5, 5.41) is 3.19. The Kier molecular flexibility index (Phi) is 6.83. The molecule has 1 saturated heterocycles. The molecule has 0 amide bonds. The van der Waals surface area contributed by atoms with Crippen molar-refractivity contribution in [3.05, 3.63) is 23.8 Å². The minimum Gasteiger partial charge on any atom is -0.493 e. The molecule has 1 N–H and O–H groups in total. The Hall–Kier alpha value is -1.26. The number of hydrogen-bond acceptors (Lipinski definition) is 4. The smallest absolute Gasteiger partial charge is 0.127 e. The third kappa shape index (κ3) is 5.21. The first kappa shape index (κ1) is 16.1. The minimum atomic E-state index is 0.744. The number of benzene rings is 1. The molecule has 1 aromatic rings. The first-order valence-electron chi connectivity index (χ1n) is 8.09. The average Bonchev–Trinajstić information content (AvgIpc) is 3.01. The molecule has 2 rings (SSSR count). The molecule has 0 spiro atoms. The summed E-state index contributed by atoms with van der Waals surface area (Å²) in [5.41, 5.74) is 1.18. The van der Waals surface area contributed by atoms with E-state index in [1.165, 1.54) is 31.5 Å². The van der Waals surface area contributed by atoms with Crippen LogP contribution in [0.4, 0.5) is 0 Å². The molecule has 0 atom stereocenters. The Balaban J connectivity index is 1.92. The molecular formula is C17H28N2O2. The van der Waals surface area contributed by atoms with Crippen LogP contribution in [0.1, 0.15) is 31.7 Å². The van der Waals surface area contributed by atoms with Crippen LogP contribution in [0.5, 0.6) is 11.5 Å². The molecule has 1 fully saturated rings. The molecule has 118 valence electrons. The largest absolute Gasteiger partial charge is 0.493 e. The van der Waals surface area contributed by atoms with E-state index in [1.807, 2.05) is 19.2 Å². The molecule has 4 heteroatoms. The van der Waals surface area contributed by atoms with E-state index >= 15 is 0 Å². The standard InChI is InChI=1S/C17H28N2O2/c1-3-11-20-16-7-6-15(14-18-2)17(13-16)21-12-10-19-8-4-5-9-19/h6-7,13,18H,3-5,8-12,14H2,1-2H3. The zero-order valence-corrected chi connectivity index (χ0v) is 13.4. The molecule has 0 bridgehead atoms. The number of nitrogens with zero attached hydrogens (tertiary/aromatic N) is 1. The molecule has 0 unspecified atom stereocenters. The maximum absolute atomic E-state index is 6.01. The van der Waals surface area contributed by atoms with Crippen LogP contribution in [0, 0.1) is 0 Å². The van der Waals surface area contributed by atoms with Crippen molar-refractivity contribution in [2.45, 2.75) is 32.7 Å². The quantitative estimate of drug-likeness (QED) is 0.759. The highest BCUT2D eigenvalue weighted by atomic mass is 16.5. The molecule has 1 aliphatic rings. The van der Waals surface area contributed by atoms with Gasteiger partial charge in [-0.05, 0) is 45.5 Å². The van der Waals surface area contributed by atoms with E-state index in [0.29, 0.717) is 0 Å². The highest BCUT2D eigenvalue weighted by Crippen LogP contribution is 2.25. The lowest BCUT2D eigenvalue weighted by molar-refractivity contribution is 0.234. The summed E-state index contributed by atoms with van der Waals surface area (Å²) in [4.78, 5) is 2.47. The van der Waals surface area contributed by atoms with Crippen molar-refractivity contribution >= 4 is 0 Å². The molecular weight excluding hydrogens is 264 g/mol. The van der Waals surface area contributed by atoms with Crippen molar-refractivity contribution < 1.29 is 9.47 Å². The lowest BCUT2D eigenvalue weighted by Gasteiger charge is -2.17. The van der Waals surface area contributed by atoms with Gasteiger partial charge in [0.25, 0.3) is 0 Å². The molecule has 0 radical (unpaired) electrons. The Labute approximate surface area is 128 Å². The van der Waals surface area contributed by atoms with Gasteiger partial charge in [-0.2, -0.15) is 0 Å². The van der Waals surface area contributed by atoms with E-state index in [2.05, 4.69) is 23.2 Å². The molecule has 0 saturated carbocycles. The van der Waals surface area contributed by atoms with E-state index in [-0.39, 0.29) is 0 Å². The third-order valence-corrected chi connectivity index (χ3v) is 3.74. The predicted molar refractivity (Wildman–Crippen MR) is 86.2 cm³/mol. The number of ether oxygens (including phenoxy) is 2. The van der Waals surface area contributed by atoms with Gasteiger partial charge >= 0.3 is 0 Å². The van der Waals surface area contributed by atoms with Gasteiger partial charge in [0.2, 0.25) is 0 Å². The van der Waals surface area contributed by atoms with Crippen LogP contribution in [0.15, 0.2) is 18.2 Å². The monoisotopic (exact) mass is 292 g/mol. The Morgan fingerprint density at radius 1 is 1.14 bits per heavy atom. The molecule has 0 aliphatic carbocycles. The average molecular weight is 292 g/mol. The fourth-order valence-electron chi connectivity index (χ4n) is 2.61. The molecule has 1 aliphatic heterocycles.